The van der Waals surface area contributed by atoms with Crippen LogP contribution in [0.25, 0.3) is 5.52 Å². The molecule has 0 aliphatic rings. The number of carbonyl (C=O) groups is 1. The van der Waals surface area contributed by atoms with Gasteiger partial charge in [-0.05, 0) is 18.1 Å². The summed E-state index contributed by atoms with van der Waals surface area (Å²) in [6, 6.07) is 6.49. The van der Waals surface area contributed by atoms with Crippen LogP contribution in [0, 0.1) is 6.07 Å². The van der Waals surface area contributed by atoms with Crippen molar-refractivity contribution in [1.29, 1.82) is 0 Å². The summed E-state index contributed by atoms with van der Waals surface area (Å²) in [5.74, 6) is -0.883. The fourth-order valence-electron chi connectivity index (χ4n) is 1.61. The van der Waals surface area contributed by atoms with Gasteiger partial charge in [0.25, 0.3) is 0 Å². The molecule has 2 aromatic heterocycles. The Hall–Kier alpha value is -1.77. The zero-order valence-electron chi connectivity index (χ0n) is 7.82. The molecule has 0 saturated carbocycles. The van der Waals surface area contributed by atoms with Gasteiger partial charge >= 0.3 is 5.97 Å². The highest BCUT2D eigenvalue weighted by atomic mass is 16.4. The molecule has 0 saturated heterocycles. The van der Waals surface area contributed by atoms with E-state index in [0.29, 0.717) is 11.1 Å². The summed E-state index contributed by atoms with van der Waals surface area (Å²) in [7, 11) is 0. The smallest absolute Gasteiger partial charge is 0.338 e. The van der Waals surface area contributed by atoms with E-state index in [-0.39, 0.29) is 0 Å². The van der Waals surface area contributed by atoms with Crippen molar-refractivity contribution in [2.75, 3.05) is 0 Å². The summed E-state index contributed by atoms with van der Waals surface area (Å²) in [6.07, 6.45) is 4.39. The molecule has 0 aromatic carbocycles. The highest BCUT2D eigenvalue weighted by molar-refractivity contribution is 5.97. The predicted octanol–water partition coefficient (Wildman–Crippen LogP) is 2.00. The number of pyridine rings is 1. The van der Waals surface area contributed by atoms with Gasteiger partial charge in [-0.15, -0.1) is 0 Å². The van der Waals surface area contributed by atoms with Gasteiger partial charge < -0.3 is 9.51 Å². The number of hydrogen-bond donors (Lipinski definition) is 1. The summed E-state index contributed by atoms with van der Waals surface area (Å²) in [5.41, 5.74) is 1.85. The van der Waals surface area contributed by atoms with E-state index in [2.05, 4.69) is 6.07 Å². The number of hydrogen-bond acceptors (Lipinski definition) is 1. The Balaban J connectivity index is 2.81. The van der Waals surface area contributed by atoms with E-state index in [1.54, 1.807) is 10.5 Å². The van der Waals surface area contributed by atoms with Crippen LogP contribution in [0.5, 0.6) is 0 Å². The maximum absolute atomic E-state index is 11.0. The van der Waals surface area contributed by atoms with Crippen LogP contribution in [0.1, 0.15) is 22.8 Å². The molecule has 2 heterocycles. The molecule has 1 N–H and O–H groups in total. The summed E-state index contributed by atoms with van der Waals surface area (Å²) in [5, 5.41) is 9.05. The topological polar surface area (TPSA) is 41.7 Å². The highest BCUT2D eigenvalue weighted by Gasteiger charge is 2.14. The lowest BCUT2D eigenvalue weighted by Crippen LogP contribution is -1.98. The highest BCUT2D eigenvalue weighted by Crippen LogP contribution is 2.18. The lowest BCUT2D eigenvalue weighted by atomic mass is 10.1. The minimum atomic E-state index is -0.883. The van der Waals surface area contributed by atoms with Gasteiger partial charge in [-0.1, -0.05) is 13.0 Å². The standard InChI is InChI=1S/C11H10NO2/c1-2-8-7-12-6-4-3-5-9(12)10(8)11(13)14/h3-4,6-7H,2H2,1H3,(H,13,14). The van der Waals surface area contributed by atoms with Crippen molar-refractivity contribution in [2.24, 2.45) is 0 Å². The Labute approximate surface area is 81.6 Å². The van der Waals surface area contributed by atoms with Crippen molar-refractivity contribution in [3.8, 4) is 0 Å². The summed E-state index contributed by atoms with van der Waals surface area (Å²) in [6.45, 7) is 1.95. The Morgan fingerprint density at radius 3 is 3.07 bits per heavy atom. The number of aromatic carboxylic acids is 1. The number of rotatable bonds is 2. The average molecular weight is 188 g/mol. The molecule has 3 nitrogen and oxygen atoms in total. The third-order valence-electron chi connectivity index (χ3n) is 2.27. The second-order valence-electron chi connectivity index (χ2n) is 3.10. The normalized spacial score (nSPS) is 10.6. The molecule has 0 fully saturated rings. The first-order valence-corrected chi connectivity index (χ1v) is 4.47. The molecule has 0 bridgehead atoms. The van der Waals surface area contributed by atoms with Crippen molar-refractivity contribution in [2.45, 2.75) is 13.3 Å². The minimum absolute atomic E-state index is 0.369. The first-order chi connectivity index (χ1) is 6.74. The molecule has 1 radical (unpaired) electrons. The quantitative estimate of drug-likeness (QED) is 0.783. The molecule has 2 rings (SSSR count). The van der Waals surface area contributed by atoms with Crippen LogP contribution < -0.4 is 0 Å². The Kier molecular flexibility index (Phi) is 2.00. The fourth-order valence-corrected chi connectivity index (χ4v) is 1.61. The molecule has 71 valence electrons. The van der Waals surface area contributed by atoms with E-state index in [4.69, 9.17) is 5.11 Å². The lowest BCUT2D eigenvalue weighted by Gasteiger charge is -1.94. The Bertz CT molecular complexity index is 485. The lowest BCUT2D eigenvalue weighted by molar-refractivity contribution is 0.0698. The third kappa shape index (κ3) is 1.18. The number of carboxylic acid groups (broad SMARTS) is 1. The van der Waals surface area contributed by atoms with E-state index in [1.807, 2.05) is 25.4 Å². The number of fused-ring (bicyclic) bond motifs is 1. The van der Waals surface area contributed by atoms with Gasteiger partial charge in [0.05, 0.1) is 11.1 Å². The minimum Gasteiger partial charge on any atom is -0.478 e. The van der Waals surface area contributed by atoms with Crippen LogP contribution in [-0.2, 0) is 6.42 Å². The van der Waals surface area contributed by atoms with Crippen LogP contribution in [0.15, 0.2) is 24.5 Å². The van der Waals surface area contributed by atoms with E-state index in [1.165, 1.54) is 0 Å². The first-order valence-electron chi connectivity index (χ1n) is 4.47. The maximum atomic E-state index is 11.0. The number of nitrogens with zero attached hydrogens (tertiary/aromatic N) is 1. The van der Waals surface area contributed by atoms with Crippen LogP contribution in [-0.4, -0.2) is 15.5 Å². The summed E-state index contributed by atoms with van der Waals surface area (Å²) in [4.78, 5) is 11.0. The Morgan fingerprint density at radius 1 is 1.64 bits per heavy atom. The molecule has 0 aliphatic carbocycles. The SMILES string of the molecule is CCc1cn2ccc[c]c2c1C(=O)O. The van der Waals surface area contributed by atoms with Gasteiger partial charge in [-0.3, -0.25) is 0 Å². The zero-order chi connectivity index (χ0) is 10.1. The van der Waals surface area contributed by atoms with Crippen LogP contribution in [0.2, 0.25) is 0 Å². The van der Waals surface area contributed by atoms with Crippen molar-refractivity contribution in [3.05, 3.63) is 41.7 Å². The van der Waals surface area contributed by atoms with E-state index in [0.717, 1.165) is 12.0 Å². The molecule has 3 heteroatoms. The largest absolute Gasteiger partial charge is 0.478 e. The van der Waals surface area contributed by atoms with Crippen molar-refractivity contribution < 1.29 is 9.90 Å². The summed E-state index contributed by atoms with van der Waals surface area (Å²) < 4.78 is 1.79. The van der Waals surface area contributed by atoms with Crippen molar-refractivity contribution in [1.82, 2.24) is 4.40 Å². The molecular formula is C11H10NO2. The van der Waals surface area contributed by atoms with E-state index < -0.39 is 5.97 Å². The zero-order valence-corrected chi connectivity index (χ0v) is 7.82. The summed E-state index contributed by atoms with van der Waals surface area (Å²) >= 11 is 0. The van der Waals surface area contributed by atoms with Gasteiger partial charge in [-0.2, -0.15) is 0 Å². The fraction of sp³-hybridized carbons (Fsp3) is 0.182. The molecule has 0 unspecified atom stereocenters. The monoisotopic (exact) mass is 188 g/mol. The molecule has 0 atom stereocenters. The van der Waals surface area contributed by atoms with Crippen LogP contribution in [0.3, 0.4) is 0 Å². The molecule has 0 amide bonds. The third-order valence-corrected chi connectivity index (χ3v) is 2.27. The first kappa shape index (κ1) is 8.81. The molecular weight excluding hydrogens is 178 g/mol. The van der Waals surface area contributed by atoms with Crippen molar-refractivity contribution >= 4 is 11.5 Å². The second kappa shape index (κ2) is 3.18. The van der Waals surface area contributed by atoms with Gasteiger partial charge in [-0.25, -0.2) is 4.79 Å². The van der Waals surface area contributed by atoms with Crippen LogP contribution in [0.4, 0.5) is 0 Å². The van der Waals surface area contributed by atoms with Gasteiger partial charge in [0.15, 0.2) is 0 Å². The van der Waals surface area contributed by atoms with Gasteiger partial charge in [0.2, 0.25) is 0 Å². The van der Waals surface area contributed by atoms with E-state index in [9.17, 15) is 4.79 Å². The molecule has 2 aromatic rings. The molecule has 0 aliphatic heterocycles. The maximum Gasteiger partial charge on any atom is 0.338 e. The van der Waals surface area contributed by atoms with Crippen LogP contribution >= 0.6 is 0 Å². The number of carboxylic acids is 1. The second-order valence-corrected chi connectivity index (χ2v) is 3.10. The molecule has 0 spiro atoms. The predicted molar refractivity (Wildman–Crippen MR) is 52.6 cm³/mol. The van der Waals surface area contributed by atoms with Gasteiger partial charge in [0.1, 0.15) is 0 Å². The van der Waals surface area contributed by atoms with E-state index >= 15 is 0 Å². The number of aryl methyl sites for hydroxylation is 1. The number of aromatic nitrogens is 1. The average Bonchev–Trinajstić information content (AvgIpc) is 2.55. The van der Waals surface area contributed by atoms with Crippen molar-refractivity contribution in [3.63, 3.8) is 0 Å². The Morgan fingerprint density at radius 2 is 2.43 bits per heavy atom. The molecule has 14 heavy (non-hydrogen) atoms. The van der Waals surface area contributed by atoms with Gasteiger partial charge in [0, 0.05) is 18.5 Å².